The molecule has 0 saturated heterocycles. The van der Waals surface area contributed by atoms with Crippen molar-refractivity contribution in [2.45, 2.75) is 39.5 Å². The second kappa shape index (κ2) is 7.69. The molecule has 2 N–H and O–H groups in total. The standard InChI is InChI=1S/C14H22O4/c1-3-5-7-17-13-10-14(18-8-6-4-2)12(16)9-11(13)15/h9-10,15-16H,3-8H2,1-2H3. The number of hydrogen-bond acceptors (Lipinski definition) is 4. The van der Waals surface area contributed by atoms with Gasteiger partial charge in [-0.1, -0.05) is 26.7 Å². The summed E-state index contributed by atoms with van der Waals surface area (Å²) in [5, 5.41) is 19.3. The molecule has 0 atom stereocenters. The van der Waals surface area contributed by atoms with Crippen molar-refractivity contribution in [1.29, 1.82) is 0 Å². The van der Waals surface area contributed by atoms with Gasteiger partial charge in [-0.25, -0.2) is 0 Å². The molecule has 0 aliphatic rings. The molecule has 0 unspecified atom stereocenters. The van der Waals surface area contributed by atoms with E-state index < -0.39 is 0 Å². The molecule has 0 aromatic heterocycles. The fraction of sp³-hybridized carbons (Fsp3) is 0.571. The number of unbranched alkanes of at least 4 members (excludes halogenated alkanes) is 2. The minimum Gasteiger partial charge on any atom is -0.504 e. The monoisotopic (exact) mass is 254 g/mol. The fourth-order valence-corrected chi connectivity index (χ4v) is 1.42. The quantitative estimate of drug-likeness (QED) is 0.697. The number of phenolic OH excluding ortho intramolecular Hbond substituents is 2. The van der Waals surface area contributed by atoms with Gasteiger partial charge in [-0.2, -0.15) is 0 Å². The summed E-state index contributed by atoms with van der Waals surface area (Å²) in [4.78, 5) is 0. The van der Waals surface area contributed by atoms with Crippen molar-refractivity contribution >= 4 is 0 Å². The molecule has 4 heteroatoms. The van der Waals surface area contributed by atoms with Gasteiger partial charge in [0.15, 0.2) is 23.0 Å². The molecular weight excluding hydrogens is 232 g/mol. The SMILES string of the molecule is CCCCOc1cc(OCCCC)c(O)cc1O. The maximum atomic E-state index is 9.65. The van der Waals surface area contributed by atoms with E-state index in [-0.39, 0.29) is 11.5 Å². The summed E-state index contributed by atoms with van der Waals surface area (Å²) in [5.41, 5.74) is 0. The Bertz CT molecular complexity index is 332. The molecule has 0 heterocycles. The van der Waals surface area contributed by atoms with E-state index in [1.54, 1.807) is 0 Å². The van der Waals surface area contributed by atoms with Crippen LogP contribution >= 0.6 is 0 Å². The van der Waals surface area contributed by atoms with E-state index >= 15 is 0 Å². The number of aromatic hydroxyl groups is 2. The van der Waals surface area contributed by atoms with E-state index in [9.17, 15) is 10.2 Å². The van der Waals surface area contributed by atoms with Crippen LogP contribution in [0.2, 0.25) is 0 Å². The second-order valence-electron chi connectivity index (χ2n) is 4.19. The average molecular weight is 254 g/mol. The van der Waals surface area contributed by atoms with Crippen LogP contribution in [0.25, 0.3) is 0 Å². The fourth-order valence-electron chi connectivity index (χ4n) is 1.42. The van der Waals surface area contributed by atoms with Crippen molar-refractivity contribution in [2.24, 2.45) is 0 Å². The molecule has 0 aliphatic heterocycles. The van der Waals surface area contributed by atoms with Gasteiger partial charge in [0.1, 0.15) is 0 Å². The van der Waals surface area contributed by atoms with E-state index in [0.29, 0.717) is 24.7 Å². The van der Waals surface area contributed by atoms with Crippen molar-refractivity contribution in [3.8, 4) is 23.0 Å². The predicted molar refractivity (Wildman–Crippen MR) is 70.6 cm³/mol. The van der Waals surface area contributed by atoms with Crippen molar-refractivity contribution < 1.29 is 19.7 Å². The van der Waals surface area contributed by atoms with Crippen molar-refractivity contribution in [3.05, 3.63) is 12.1 Å². The smallest absolute Gasteiger partial charge is 0.164 e. The van der Waals surface area contributed by atoms with Crippen LogP contribution in [0.1, 0.15) is 39.5 Å². The molecule has 0 radical (unpaired) electrons. The molecule has 18 heavy (non-hydrogen) atoms. The van der Waals surface area contributed by atoms with Crippen LogP contribution in [0.4, 0.5) is 0 Å². The van der Waals surface area contributed by atoms with Crippen LogP contribution in [0, 0.1) is 0 Å². The summed E-state index contributed by atoms with van der Waals surface area (Å²) in [6.45, 7) is 5.23. The number of benzene rings is 1. The minimum absolute atomic E-state index is 0.0635. The van der Waals surface area contributed by atoms with E-state index in [0.717, 1.165) is 25.7 Å². The molecular formula is C14H22O4. The molecule has 0 spiro atoms. The predicted octanol–water partition coefficient (Wildman–Crippen LogP) is 3.46. The van der Waals surface area contributed by atoms with E-state index in [1.807, 2.05) is 0 Å². The summed E-state index contributed by atoms with van der Waals surface area (Å²) in [6.07, 6.45) is 3.90. The highest BCUT2D eigenvalue weighted by Gasteiger charge is 2.10. The van der Waals surface area contributed by atoms with Gasteiger partial charge in [0.25, 0.3) is 0 Å². The van der Waals surface area contributed by atoms with Gasteiger partial charge in [0.2, 0.25) is 0 Å². The zero-order chi connectivity index (χ0) is 13.4. The Kier molecular flexibility index (Phi) is 6.19. The summed E-state index contributed by atoms with van der Waals surface area (Å²) < 4.78 is 10.9. The molecule has 0 fully saturated rings. The van der Waals surface area contributed by atoms with Crippen LogP contribution in [0.15, 0.2) is 12.1 Å². The number of ether oxygens (including phenoxy) is 2. The Morgan fingerprint density at radius 1 is 0.833 bits per heavy atom. The first-order valence-electron chi connectivity index (χ1n) is 6.50. The highest BCUT2D eigenvalue weighted by molar-refractivity contribution is 5.52. The van der Waals surface area contributed by atoms with Crippen LogP contribution in [0.5, 0.6) is 23.0 Å². The Labute approximate surface area is 108 Å². The highest BCUT2D eigenvalue weighted by Crippen LogP contribution is 2.38. The highest BCUT2D eigenvalue weighted by atomic mass is 16.5. The summed E-state index contributed by atoms with van der Waals surface area (Å²) >= 11 is 0. The molecule has 0 bridgehead atoms. The maximum Gasteiger partial charge on any atom is 0.164 e. The molecule has 4 nitrogen and oxygen atoms in total. The Hall–Kier alpha value is -1.58. The first kappa shape index (κ1) is 14.5. The second-order valence-corrected chi connectivity index (χ2v) is 4.19. The van der Waals surface area contributed by atoms with Crippen LogP contribution in [-0.4, -0.2) is 23.4 Å². The van der Waals surface area contributed by atoms with Crippen LogP contribution in [0.3, 0.4) is 0 Å². The topological polar surface area (TPSA) is 58.9 Å². The minimum atomic E-state index is -0.0635. The van der Waals surface area contributed by atoms with E-state index in [1.165, 1.54) is 12.1 Å². The Balaban J connectivity index is 2.68. The van der Waals surface area contributed by atoms with Gasteiger partial charge < -0.3 is 19.7 Å². The molecule has 1 rings (SSSR count). The lowest BCUT2D eigenvalue weighted by Gasteiger charge is -2.12. The van der Waals surface area contributed by atoms with Gasteiger partial charge in [0, 0.05) is 12.1 Å². The Morgan fingerprint density at radius 3 is 1.67 bits per heavy atom. The third-order valence-electron chi connectivity index (χ3n) is 2.55. The van der Waals surface area contributed by atoms with E-state index in [4.69, 9.17) is 9.47 Å². The van der Waals surface area contributed by atoms with Gasteiger partial charge in [-0.3, -0.25) is 0 Å². The third-order valence-corrected chi connectivity index (χ3v) is 2.55. The summed E-state index contributed by atoms with van der Waals surface area (Å²) in [5.74, 6) is 0.582. The normalized spacial score (nSPS) is 10.3. The number of phenols is 2. The lowest BCUT2D eigenvalue weighted by molar-refractivity contribution is 0.273. The molecule has 102 valence electrons. The van der Waals surface area contributed by atoms with Crippen LogP contribution < -0.4 is 9.47 Å². The largest absolute Gasteiger partial charge is 0.504 e. The molecule has 0 saturated carbocycles. The zero-order valence-corrected chi connectivity index (χ0v) is 11.1. The van der Waals surface area contributed by atoms with Gasteiger partial charge in [0.05, 0.1) is 13.2 Å². The summed E-state index contributed by atoms with van der Waals surface area (Å²) in [6, 6.07) is 2.79. The average Bonchev–Trinajstić information content (AvgIpc) is 2.34. The summed E-state index contributed by atoms with van der Waals surface area (Å²) in [7, 11) is 0. The van der Waals surface area contributed by atoms with Gasteiger partial charge >= 0.3 is 0 Å². The molecule has 1 aromatic rings. The van der Waals surface area contributed by atoms with Crippen molar-refractivity contribution in [1.82, 2.24) is 0 Å². The number of hydrogen-bond donors (Lipinski definition) is 2. The lowest BCUT2D eigenvalue weighted by atomic mass is 10.2. The van der Waals surface area contributed by atoms with Gasteiger partial charge in [-0.05, 0) is 12.8 Å². The third kappa shape index (κ3) is 4.35. The number of rotatable bonds is 8. The Morgan fingerprint density at radius 2 is 1.28 bits per heavy atom. The zero-order valence-electron chi connectivity index (χ0n) is 11.1. The first-order chi connectivity index (χ1) is 8.69. The van der Waals surface area contributed by atoms with Crippen molar-refractivity contribution in [2.75, 3.05) is 13.2 Å². The molecule has 1 aromatic carbocycles. The van der Waals surface area contributed by atoms with E-state index in [2.05, 4.69) is 13.8 Å². The molecule has 0 aliphatic carbocycles. The van der Waals surface area contributed by atoms with Crippen molar-refractivity contribution in [3.63, 3.8) is 0 Å². The maximum absolute atomic E-state index is 9.65. The molecule has 0 amide bonds. The first-order valence-corrected chi connectivity index (χ1v) is 6.50. The van der Waals surface area contributed by atoms with Gasteiger partial charge in [-0.15, -0.1) is 0 Å². The van der Waals surface area contributed by atoms with Crippen LogP contribution in [-0.2, 0) is 0 Å². The lowest BCUT2D eigenvalue weighted by Crippen LogP contribution is -2.00.